The molecule has 12 heteroatoms. The largest absolute Gasteiger partial charge is 0.434 e. The molecule has 9 nitrogen and oxygen atoms in total. The summed E-state index contributed by atoms with van der Waals surface area (Å²) in [4.78, 5) is 17.6. The van der Waals surface area contributed by atoms with E-state index >= 15 is 0 Å². The van der Waals surface area contributed by atoms with Gasteiger partial charge in [0.15, 0.2) is 5.65 Å². The van der Waals surface area contributed by atoms with Crippen molar-refractivity contribution >= 4 is 29.3 Å². The van der Waals surface area contributed by atoms with E-state index in [2.05, 4.69) is 30.3 Å². The van der Waals surface area contributed by atoms with Crippen LogP contribution in [0, 0.1) is 0 Å². The van der Waals surface area contributed by atoms with Crippen molar-refractivity contribution in [3.05, 3.63) is 54.6 Å². The number of nitrogens with one attached hydrogen (secondary N) is 2. The molecular weight excluding hydrogens is 418 g/mol. The molecule has 3 aromatic heterocycles. The third-order valence-corrected chi connectivity index (χ3v) is 4.64. The molecule has 0 aliphatic heterocycles. The number of halogens is 2. The third-order valence-electron chi connectivity index (χ3n) is 4.03. The Morgan fingerprint density at radius 3 is 3.00 bits per heavy atom. The topological polar surface area (TPSA) is 106 Å². The normalized spacial score (nSPS) is 11.2. The Hall–Kier alpha value is -3.51. The molecule has 0 aliphatic rings. The van der Waals surface area contributed by atoms with Crippen molar-refractivity contribution in [3.8, 4) is 17.0 Å². The molecule has 0 radical (unpaired) electrons. The predicted molar refractivity (Wildman–Crippen MR) is 104 cm³/mol. The highest BCUT2D eigenvalue weighted by molar-refractivity contribution is 7.94. The Morgan fingerprint density at radius 2 is 2.20 bits per heavy atom. The highest BCUT2D eigenvalue weighted by Crippen LogP contribution is 2.37. The van der Waals surface area contributed by atoms with E-state index in [9.17, 15) is 13.6 Å². The molecule has 2 N–H and O–H groups in total. The third kappa shape index (κ3) is 3.95. The van der Waals surface area contributed by atoms with Crippen LogP contribution in [0.3, 0.4) is 0 Å². The van der Waals surface area contributed by atoms with E-state index in [0.29, 0.717) is 16.2 Å². The van der Waals surface area contributed by atoms with E-state index in [4.69, 9.17) is 4.18 Å². The molecule has 0 saturated carbocycles. The minimum atomic E-state index is -3.02. The fraction of sp³-hybridized carbons (Fsp3) is 0.111. The second-order valence-corrected chi connectivity index (χ2v) is 6.82. The summed E-state index contributed by atoms with van der Waals surface area (Å²) in [6.07, 6.45) is 5.96. The summed E-state index contributed by atoms with van der Waals surface area (Å²) in [7, 11) is 1.49. The van der Waals surface area contributed by atoms with Crippen LogP contribution in [0.25, 0.3) is 16.9 Å². The number of hydrogen-bond acceptors (Lipinski definition) is 7. The number of ether oxygens (including phenoxy) is 1. The Balaban J connectivity index is 1.69. The molecule has 1 aromatic carbocycles. The van der Waals surface area contributed by atoms with Crippen molar-refractivity contribution in [1.82, 2.24) is 24.8 Å². The van der Waals surface area contributed by atoms with Crippen molar-refractivity contribution in [2.75, 3.05) is 12.4 Å². The Morgan fingerprint density at radius 1 is 1.33 bits per heavy atom. The molecule has 154 valence electrons. The molecule has 0 bridgehead atoms. The molecule has 1 amide bonds. The second-order valence-electron chi connectivity index (χ2n) is 5.85. The average molecular weight is 432 g/mol. The lowest BCUT2D eigenvalue weighted by molar-refractivity contribution is -0.0494. The summed E-state index contributed by atoms with van der Waals surface area (Å²) in [5.41, 5.74) is 1.47. The number of carbonyl (C=O) groups excluding carboxylic acids is 1. The molecule has 0 fully saturated rings. The average Bonchev–Trinajstić information content (AvgIpc) is 3.36. The number of rotatable bonds is 7. The zero-order valence-electron chi connectivity index (χ0n) is 15.4. The van der Waals surface area contributed by atoms with Gasteiger partial charge in [-0.25, -0.2) is 9.50 Å². The monoisotopic (exact) mass is 432 g/mol. The Kier molecular flexibility index (Phi) is 5.59. The summed E-state index contributed by atoms with van der Waals surface area (Å²) in [5.74, 6) is -0.562. The van der Waals surface area contributed by atoms with Crippen molar-refractivity contribution in [2.45, 2.75) is 11.5 Å². The van der Waals surface area contributed by atoms with Crippen LogP contribution in [-0.2, 0) is 4.18 Å². The summed E-state index contributed by atoms with van der Waals surface area (Å²) in [6, 6.07) is 6.25. The lowest BCUT2D eigenvalue weighted by Gasteiger charge is -2.12. The number of H-pyrrole nitrogens is 1. The lowest BCUT2D eigenvalue weighted by atomic mass is 10.1. The number of alkyl halides is 2. The number of hydrogen-bond donors (Lipinski definition) is 2. The number of aromatic nitrogens is 5. The lowest BCUT2D eigenvalue weighted by Crippen LogP contribution is -2.12. The van der Waals surface area contributed by atoms with Gasteiger partial charge in [-0.1, -0.05) is 0 Å². The first-order valence-electron chi connectivity index (χ1n) is 8.50. The Bertz CT molecular complexity index is 1200. The number of nitrogens with zero attached hydrogens (tertiary/aromatic N) is 4. The highest BCUT2D eigenvalue weighted by atomic mass is 32.2. The van der Waals surface area contributed by atoms with Gasteiger partial charge in [-0.05, 0) is 24.3 Å². The molecular formula is C18H14F2N6O3S. The first-order valence-corrected chi connectivity index (χ1v) is 9.24. The second kappa shape index (κ2) is 8.47. The molecule has 0 atom stereocenters. The van der Waals surface area contributed by atoms with Crippen molar-refractivity contribution in [2.24, 2.45) is 0 Å². The molecule has 3 heterocycles. The van der Waals surface area contributed by atoms with Gasteiger partial charge in [-0.3, -0.25) is 9.89 Å². The number of anilines is 1. The quantitative estimate of drug-likeness (QED) is 0.430. The zero-order chi connectivity index (χ0) is 21.1. The molecule has 4 aromatic rings. The first kappa shape index (κ1) is 19.8. The van der Waals surface area contributed by atoms with Crippen LogP contribution >= 0.6 is 12.0 Å². The number of fused-ring (bicyclic) bond motifs is 1. The van der Waals surface area contributed by atoms with Gasteiger partial charge < -0.3 is 14.2 Å². The summed E-state index contributed by atoms with van der Waals surface area (Å²) >= 11 is 1.05. The maximum Gasteiger partial charge on any atom is 0.387 e. The predicted octanol–water partition coefficient (Wildman–Crippen LogP) is 3.63. The van der Waals surface area contributed by atoms with Crippen molar-refractivity contribution < 1.29 is 22.5 Å². The molecule has 4 rings (SSSR count). The van der Waals surface area contributed by atoms with Crippen LogP contribution < -0.4 is 10.1 Å². The van der Waals surface area contributed by atoms with Crippen LogP contribution in [0.5, 0.6) is 5.75 Å². The number of aromatic amines is 1. The van der Waals surface area contributed by atoms with Crippen molar-refractivity contribution in [1.29, 1.82) is 0 Å². The van der Waals surface area contributed by atoms with Gasteiger partial charge in [-0.15, -0.1) is 0 Å². The number of carbonyl (C=O) groups is 1. The summed E-state index contributed by atoms with van der Waals surface area (Å²) < 4.78 is 36.9. The van der Waals surface area contributed by atoms with Gasteiger partial charge in [0.25, 0.3) is 5.91 Å². The SMILES string of the molecule is COSc1ccc(OC(F)F)c(-c2[nH]ncc2NC(=O)c2cnn3cccnc23)c1. The van der Waals surface area contributed by atoms with Gasteiger partial charge in [0.05, 0.1) is 30.9 Å². The zero-order valence-corrected chi connectivity index (χ0v) is 16.2. The van der Waals surface area contributed by atoms with Gasteiger partial charge in [0.1, 0.15) is 11.3 Å². The molecule has 0 spiro atoms. The summed E-state index contributed by atoms with van der Waals surface area (Å²) in [6.45, 7) is -3.02. The van der Waals surface area contributed by atoms with E-state index in [1.54, 1.807) is 30.6 Å². The van der Waals surface area contributed by atoms with E-state index in [1.165, 1.54) is 30.1 Å². The first-order chi connectivity index (χ1) is 14.6. The van der Waals surface area contributed by atoms with Gasteiger partial charge in [-0.2, -0.15) is 19.0 Å². The Labute approximate surface area is 172 Å². The maximum absolute atomic E-state index is 12.9. The molecule has 30 heavy (non-hydrogen) atoms. The smallest absolute Gasteiger partial charge is 0.387 e. The fourth-order valence-electron chi connectivity index (χ4n) is 2.81. The van der Waals surface area contributed by atoms with Crippen LogP contribution in [0.15, 0.2) is 53.9 Å². The van der Waals surface area contributed by atoms with E-state index in [1.807, 2.05) is 0 Å². The van der Waals surface area contributed by atoms with Gasteiger partial charge in [0.2, 0.25) is 0 Å². The standard InChI is InChI=1S/C18H14F2N6O3S/c1-28-30-10-3-4-14(29-18(19)20)11(7-10)15-13(9-22-25-15)24-17(27)12-8-23-26-6-2-5-21-16(12)26/h2-9,18H,1H3,(H,22,25)(H,24,27). The summed E-state index contributed by atoms with van der Waals surface area (Å²) in [5, 5.41) is 13.4. The molecule has 0 unspecified atom stereocenters. The minimum absolute atomic E-state index is 0.0807. The molecule has 0 saturated heterocycles. The number of amides is 1. The maximum atomic E-state index is 12.9. The minimum Gasteiger partial charge on any atom is -0.434 e. The van der Waals surface area contributed by atoms with Gasteiger partial charge >= 0.3 is 6.61 Å². The molecule has 0 aliphatic carbocycles. The van der Waals surface area contributed by atoms with Crippen LogP contribution in [-0.4, -0.2) is 44.4 Å². The van der Waals surface area contributed by atoms with E-state index in [0.717, 1.165) is 12.0 Å². The fourth-order valence-corrected chi connectivity index (χ4v) is 3.30. The van der Waals surface area contributed by atoms with Crippen LogP contribution in [0.2, 0.25) is 0 Å². The van der Waals surface area contributed by atoms with Crippen molar-refractivity contribution in [3.63, 3.8) is 0 Å². The van der Waals surface area contributed by atoms with Gasteiger partial charge in [0, 0.05) is 34.9 Å². The van der Waals surface area contributed by atoms with E-state index in [-0.39, 0.29) is 22.6 Å². The van der Waals surface area contributed by atoms with Crippen LogP contribution in [0.4, 0.5) is 14.5 Å². The highest BCUT2D eigenvalue weighted by Gasteiger charge is 2.20. The van der Waals surface area contributed by atoms with E-state index < -0.39 is 12.5 Å². The number of benzene rings is 1. The van der Waals surface area contributed by atoms with Crippen LogP contribution in [0.1, 0.15) is 10.4 Å².